The van der Waals surface area contributed by atoms with Crippen LogP contribution in [0.2, 0.25) is 0 Å². The number of hydrogen-bond donors (Lipinski definition) is 1. The van der Waals surface area contributed by atoms with E-state index in [1.54, 1.807) is 11.9 Å². The van der Waals surface area contributed by atoms with E-state index in [-0.39, 0.29) is 12.5 Å². The zero-order valence-corrected chi connectivity index (χ0v) is 12.3. The van der Waals surface area contributed by atoms with Gasteiger partial charge in [0.15, 0.2) is 0 Å². The van der Waals surface area contributed by atoms with Crippen molar-refractivity contribution < 1.29 is 14.7 Å². The summed E-state index contributed by atoms with van der Waals surface area (Å²) >= 11 is 0. The molecule has 1 aliphatic carbocycles. The second kappa shape index (κ2) is 7.48. The van der Waals surface area contributed by atoms with Gasteiger partial charge < -0.3 is 10.0 Å². The highest BCUT2D eigenvalue weighted by Gasteiger charge is 2.26. The first-order chi connectivity index (χ1) is 8.97. The molecule has 0 aliphatic heterocycles. The van der Waals surface area contributed by atoms with Crippen LogP contribution >= 0.6 is 0 Å². The maximum absolute atomic E-state index is 12.2. The highest BCUT2D eigenvalue weighted by atomic mass is 16.4. The Hall–Kier alpha value is -1.10. The Morgan fingerprint density at radius 3 is 2.26 bits per heavy atom. The molecule has 1 N–H and O–H groups in total. The van der Waals surface area contributed by atoms with Gasteiger partial charge in [0.2, 0.25) is 5.91 Å². The summed E-state index contributed by atoms with van der Waals surface area (Å²) in [7, 11) is 3.54. The molecule has 1 atom stereocenters. The van der Waals surface area contributed by atoms with E-state index in [1.165, 1.54) is 19.3 Å². The lowest BCUT2D eigenvalue weighted by Crippen LogP contribution is -2.47. The molecule has 0 bridgehead atoms. The van der Waals surface area contributed by atoms with Crippen molar-refractivity contribution in [3.63, 3.8) is 0 Å². The lowest BCUT2D eigenvalue weighted by atomic mass is 9.94. The fraction of sp³-hybridized carbons (Fsp3) is 0.857. The molecular formula is C14H26N2O3. The molecule has 0 radical (unpaired) electrons. The van der Waals surface area contributed by atoms with E-state index < -0.39 is 12.0 Å². The zero-order chi connectivity index (χ0) is 14.4. The third-order valence-electron chi connectivity index (χ3n) is 4.10. The number of carbonyl (C=O) groups excluding carboxylic acids is 1. The van der Waals surface area contributed by atoms with Crippen molar-refractivity contribution in [1.29, 1.82) is 0 Å². The first-order valence-corrected chi connectivity index (χ1v) is 7.16. The number of carboxylic acids is 1. The van der Waals surface area contributed by atoms with Gasteiger partial charge in [-0.15, -0.1) is 0 Å². The summed E-state index contributed by atoms with van der Waals surface area (Å²) in [6, 6.07) is -0.247. The summed E-state index contributed by atoms with van der Waals surface area (Å²) in [4.78, 5) is 26.7. The number of nitrogens with zero attached hydrogens (tertiary/aromatic N) is 2. The van der Waals surface area contributed by atoms with E-state index in [4.69, 9.17) is 5.11 Å². The van der Waals surface area contributed by atoms with E-state index in [9.17, 15) is 9.59 Å². The summed E-state index contributed by atoms with van der Waals surface area (Å²) in [5.74, 6) is -0.841. The monoisotopic (exact) mass is 270 g/mol. The molecule has 1 saturated carbocycles. The fourth-order valence-electron chi connectivity index (χ4n) is 2.78. The molecule has 1 amide bonds. The smallest absolute Gasteiger partial charge is 0.320 e. The van der Waals surface area contributed by atoms with Gasteiger partial charge in [-0.2, -0.15) is 0 Å². The average molecular weight is 270 g/mol. The zero-order valence-electron chi connectivity index (χ0n) is 12.3. The number of rotatable bonds is 6. The van der Waals surface area contributed by atoms with Gasteiger partial charge in [-0.25, -0.2) is 0 Å². The molecule has 0 aromatic carbocycles. The molecule has 1 unspecified atom stereocenters. The molecule has 5 nitrogen and oxygen atoms in total. The van der Waals surface area contributed by atoms with Gasteiger partial charge in [-0.05, 0) is 26.3 Å². The van der Waals surface area contributed by atoms with E-state index in [0.717, 1.165) is 12.8 Å². The van der Waals surface area contributed by atoms with Crippen LogP contribution in [0.15, 0.2) is 0 Å². The number of likely N-dealkylation sites (N-methyl/N-ethyl adjacent to an activating group) is 2. The van der Waals surface area contributed by atoms with Gasteiger partial charge in [0, 0.05) is 13.1 Å². The molecule has 1 fully saturated rings. The normalized spacial score (nSPS) is 18.3. The largest absolute Gasteiger partial charge is 0.480 e. The third kappa shape index (κ3) is 4.49. The summed E-state index contributed by atoms with van der Waals surface area (Å²) in [6.07, 6.45) is 6.28. The Labute approximate surface area is 115 Å². The Balaban J connectivity index is 2.50. The van der Waals surface area contributed by atoms with Crippen molar-refractivity contribution in [3.05, 3.63) is 0 Å². The molecule has 0 spiro atoms. The van der Waals surface area contributed by atoms with E-state index in [2.05, 4.69) is 0 Å². The maximum atomic E-state index is 12.2. The van der Waals surface area contributed by atoms with Crippen molar-refractivity contribution in [1.82, 2.24) is 9.80 Å². The summed E-state index contributed by atoms with van der Waals surface area (Å²) in [5.41, 5.74) is 0. The minimum Gasteiger partial charge on any atom is -0.480 e. The van der Waals surface area contributed by atoms with Gasteiger partial charge in [-0.1, -0.05) is 26.2 Å². The number of hydrogen-bond acceptors (Lipinski definition) is 3. The fourth-order valence-corrected chi connectivity index (χ4v) is 2.78. The molecule has 110 valence electrons. The second-order valence-corrected chi connectivity index (χ2v) is 5.47. The number of amides is 1. The lowest BCUT2D eigenvalue weighted by molar-refractivity contribution is -0.144. The van der Waals surface area contributed by atoms with Crippen molar-refractivity contribution in [2.75, 3.05) is 20.6 Å². The molecule has 0 saturated heterocycles. The molecule has 0 aromatic heterocycles. The quantitative estimate of drug-likeness (QED) is 0.796. The molecule has 1 aliphatic rings. The maximum Gasteiger partial charge on any atom is 0.320 e. The molecule has 19 heavy (non-hydrogen) atoms. The first-order valence-electron chi connectivity index (χ1n) is 7.16. The van der Waals surface area contributed by atoms with Gasteiger partial charge in [0.25, 0.3) is 0 Å². The van der Waals surface area contributed by atoms with Crippen molar-refractivity contribution >= 4 is 11.9 Å². The Bertz CT molecular complexity index is 314. The predicted octanol–water partition coefficient (Wildman–Crippen LogP) is 1.57. The van der Waals surface area contributed by atoms with Crippen LogP contribution < -0.4 is 0 Å². The van der Waals surface area contributed by atoms with Crippen LogP contribution in [0.4, 0.5) is 0 Å². The van der Waals surface area contributed by atoms with Crippen molar-refractivity contribution in [3.8, 4) is 0 Å². The summed E-state index contributed by atoms with van der Waals surface area (Å²) in [6.45, 7) is 2.00. The van der Waals surface area contributed by atoms with Gasteiger partial charge in [0.1, 0.15) is 6.04 Å². The highest BCUT2D eigenvalue weighted by Crippen LogP contribution is 2.21. The molecule has 5 heteroatoms. The second-order valence-electron chi connectivity index (χ2n) is 5.47. The van der Waals surface area contributed by atoms with Crippen LogP contribution in [0.3, 0.4) is 0 Å². The van der Waals surface area contributed by atoms with Crippen LogP contribution in [-0.4, -0.2) is 59.5 Å². The minimum atomic E-state index is -0.863. The van der Waals surface area contributed by atoms with Crippen LogP contribution in [0.5, 0.6) is 0 Å². The topological polar surface area (TPSA) is 60.9 Å². The minimum absolute atomic E-state index is 0.0223. The van der Waals surface area contributed by atoms with Gasteiger partial charge in [-0.3, -0.25) is 14.5 Å². The highest BCUT2D eigenvalue weighted by molar-refractivity contribution is 5.80. The predicted molar refractivity (Wildman–Crippen MR) is 74.0 cm³/mol. The van der Waals surface area contributed by atoms with Crippen LogP contribution in [-0.2, 0) is 9.59 Å². The van der Waals surface area contributed by atoms with E-state index in [1.807, 2.05) is 18.9 Å². The third-order valence-corrected chi connectivity index (χ3v) is 4.10. The molecule has 0 aromatic rings. The Morgan fingerprint density at radius 2 is 1.79 bits per heavy atom. The number of carbonyl (C=O) groups is 2. The van der Waals surface area contributed by atoms with Gasteiger partial charge in [0.05, 0.1) is 6.54 Å². The first kappa shape index (κ1) is 16.0. The summed E-state index contributed by atoms with van der Waals surface area (Å²) < 4.78 is 0. The lowest BCUT2D eigenvalue weighted by Gasteiger charge is -2.33. The van der Waals surface area contributed by atoms with E-state index in [0.29, 0.717) is 12.5 Å². The Kier molecular flexibility index (Phi) is 6.28. The van der Waals surface area contributed by atoms with E-state index >= 15 is 0 Å². The average Bonchev–Trinajstić information content (AvgIpc) is 2.39. The summed E-state index contributed by atoms with van der Waals surface area (Å²) in [5, 5.41) is 9.08. The SMILES string of the molecule is CCC(C(=O)O)N(C)CC(=O)N(C)C1CCCCC1. The van der Waals surface area contributed by atoms with Crippen LogP contribution in [0, 0.1) is 0 Å². The van der Waals surface area contributed by atoms with Crippen molar-refractivity contribution in [2.24, 2.45) is 0 Å². The van der Waals surface area contributed by atoms with Crippen LogP contribution in [0.1, 0.15) is 45.4 Å². The molecular weight excluding hydrogens is 244 g/mol. The van der Waals surface area contributed by atoms with Crippen molar-refractivity contribution in [2.45, 2.75) is 57.5 Å². The standard InChI is InChI=1S/C14H26N2O3/c1-4-12(14(18)19)15(2)10-13(17)16(3)11-8-6-5-7-9-11/h11-12H,4-10H2,1-3H3,(H,18,19). The van der Waals surface area contributed by atoms with Crippen LogP contribution in [0.25, 0.3) is 0 Å². The van der Waals surface area contributed by atoms with Gasteiger partial charge >= 0.3 is 5.97 Å². The number of carboxylic acid groups (broad SMARTS) is 1. The number of aliphatic carboxylic acids is 1. The Morgan fingerprint density at radius 1 is 1.21 bits per heavy atom. The molecule has 1 rings (SSSR count). The molecule has 0 heterocycles.